The van der Waals surface area contributed by atoms with Crippen molar-refractivity contribution < 1.29 is 14.4 Å². The zero-order chi connectivity index (χ0) is 32.1. The number of amides is 4. The molecule has 1 aliphatic rings. The van der Waals surface area contributed by atoms with E-state index in [4.69, 9.17) is 0 Å². The Morgan fingerprint density at radius 1 is 0.867 bits per heavy atom. The average molecular weight is 623 g/mol. The molecule has 0 aromatic heterocycles. The Morgan fingerprint density at radius 3 is 2.27 bits per heavy atom. The zero-order valence-electron chi connectivity index (χ0n) is 26.8. The first-order chi connectivity index (χ1) is 21.5. The molecule has 1 aliphatic heterocycles. The summed E-state index contributed by atoms with van der Waals surface area (Å²) in [5, 5.41) is 8.27. The smallest absolute Gasteiger partial charge is 0.323 e. The molecular weight excluding hydrogens is 580 g/mol. The summed E-state index contributed by atoms with van der Waals surface area (Å²) in [5.74, 6) is 0.951. The van der Waals surface area contributed by atoms with E-state index in [-0.39, 0.29) is 22.6 Å². The zero-order valence-corrected chi connectivity index (χ0v) is 27.6. The summed E-state index contributed by atoms with van der Waals surface area (Å²) in [6.07, 6.45) is 1.84. The molecule has 4 aromatic carbocycles. The molecular formula is C37H42N4O3S. The topological polar surface area (TPSA) is 81.8 Å². The van der Waals surface area contributed by atoms with Gasteiger partial charge in [-0.3, -0.25) is 9.59 Å². The van der Waals surface area contributed by atoms with Crippen molar-refractivity contribution >= 4 is 51.1 Å². The predicted octanol–water partition coefficient (Wildman–Crippen LogP) is 8.18. The number of fused-ring (bicyclic) bond motifs is 1. The lowest BCUT2D eigenvalue weighted by molar-refractivity contribution is -0.128. The maximum atomic E-state index is 13.3. The normalized spacial score (nSPS) is 13.3. The highest BCUT2D eigenvalue weighted by Gasteiger charge is 2.21. The molecule has 1 heterocycles. The molecule has 5 rings (SSSR count). The SMILES string of the molecule is CN(C)C(=O)CCc1cc(NC(=O)Nc2ccc(-c3ccc(CCN4CCSC4=O)cc3)c3ccccc23)cc(C(C)(C)C)c1. The number of thioether (sulfide) groups is 1. The largest absolute Gasteiger partial charge is 0.349 e. The Morgan fingerprint density at radius 2 is 1.60 bits per heavy atom. The van der Waals surface area contributed by atoms with E-state index in [1.54, 1.807) is 19.0 Å². The van der Waals surface area contributed by atoms with Crippen molar-refractivity contribution in [1.29, 1.82) is 0 Å². The summed E-state index contributed by atoms with van der Waals surface area (Å²) >= 11 is 1.40. The van der Waals surface area contributed by atoms with Crippen LogP contribution >= 0.6 is 11.8 Å². The van der Waals surface area contributed by atoms with E-state index in [1.807, 2.05) is 47.4 Å². The van der Waals surface area contributed by atoms with E-state index >= 15 is 0 Å². The van der Waals surface area contributed by atoms with Gasteiger partial charge in [0.05, 0.1) is 5.69 Å². The minimum atomic E-state index is -0.325. The van der Waals surface area contributed by atoms with Crippen molar-refractivity contribution in [1.82, 2.24) is 9.80 Å². The third-order valence-electron chi connectivity index (χ3n) is 8.20. The first kappa shape index (κ1) is 32.1. The van der Waals surface area contributed by atoms with E-state index in [0.29, 0.717) is 18.5 Å². The lowest BCUT2D eigenvalue weighted by atomic mass is 9.85. The number of hydrogen-bond donors (Lipinski definition) is 2. The standard InChI is InChI=1S/C37H42N4O3S/c1-37(2,3)28-22-26(12-17-34(42)40(4)5)23-29(24-28)38-35(43)39-33-16-15-30(31-8-6-7-9-32(31)33)27-13-10-25(11-14-27)18-19-41-20-21-45-36(41)44/h6-11,13-16,22-24H,12,17-21H2,1-5H3,(H2,38,39,43). The number of nitrogens with zero attached hydrogens (tertiary/aromatic N) is 2. The van der Waals surface area contributed by atoms with Gasteiger partial charge < -0.3 is 20.4 Å². The summed E-state index contributed by atoms with van der Waals surface area (Å²) in [6, 6.07) is 26.4. The second-order valence-electron chi connectivity index (χ2n) is 12.8. The molecule has 45 heavy (non-hydrogen) atoms. The van der Waals surface area contributed by atoms with Gasteiger partial charge in [-0.1, -0.05) is 93.2 Å². The van der Waals surface area contributed by atoms with Crippen LogP contribution in [0.4, 0.5) is 21.0 Å². The minimum absolute atomic E-state index is 0.0733. The Kier molecular flexibility index (Phi) is 9.83. The van der Waals surface area contributed by atoms with E-state index in [9.17, 15) is 14.4 Å². The van der Waals surface area contributed by atoms with Crippen molar-refractivity contribution in [2.45, 2.75) is 45.4 Å². The van der Waals surface area contributed by atoms with Crippen LogP contribution in [0.3, 0.4) is 0 Å². The highest BCUT2D eigenvalue weighted by molar-refractivity contribution is 8.13. The van der Waals surface area contributed by atoms with Crippen LogP contribution in [-0.4, -0.2) is 59.9 Å². The van der Waals surface area contributed by atoms with Crippen LogP contribution in [-0.2, 0) is 23.1 Å². The number of carbonyl (C=O) groups excluding carboxylic acids is 3. The maximum absolute atomic E-state index is 13.3. The van der Waals surface area contributed by atoms with Gasteiger partial charge in [-0.05, 0) is 69.7 Å². The maximum Gasteiger partial charge on any atom is 0.323 e. The minimum Gasteiger partial charge on any atom is -0.349 e. The molecule has 0 saturated carbocycles. The third kappa shape index (κ3) is 8.05. The number of nitrogens with one attached hydrogen (secondary N) is 2. The van der Waals surface area contributed by atoms with Gasteiger partial charge >= 0.3 is 6.03 Å². The van der Waals surface area contributed by atoms with Gasteiger partial charge in [0.1, 0.15) is 0 Å². The fraction of sp³-hybridized carbons (Fsp3) is 0.324. The van der Waals surface area contributed by atoms with Crippen LogP contribution in [0.15, 0.2) is 78.9 Å². The molecule has 0 bridgehead atoms. The van der Waals surface area contributed by atoms with Gasteiger partial charge in [0.15, 0.2) is 0 Å². The molecule has 0 radical (unpaired) electrons. The van der Waals surface area contributed by atoms with Gasteiger partial charge in [0.2, 0.25) is 5.91 Å². The van der Waals surface area contributed by atoms with Crippen molar-refractivity contribution in [2.24, 2.45) is 0 Å². The van der Waals surface area contributed by atoms with Crippen LogP contribution in [0, 0.1) is 0 Å². The monoisotopic (exact) mass is 622 g/mol. The van der Waals surface area contributed by atoms with Gasteiger partial charge in [0, 0.05) is 50.4 Å². The molecule has 0 aliphatic carbocycles. The van der Waals surface area contributed by atoms with Crippen LogP contribution in [0.2, 0.25) is 0 Å². The number of hydrogen-bond acceptors (Lipinski definition) is 4. The number of carbonyl (C=O) groups is 3. The molecule has 8 heteroatoms. The quantitative estimate of drug-likeness (QED) is 0.197. The molecule has 2 N–H and O–H groups in total. The predicted molar refractivity (Wildman–Crippen MR) is 187 cm³/mol. The number of anilines is 2. The van der Waals surface area contributed by atoms with Crippen LogP contribution < -0.4 is 10.6 Å². The van der Waals surface area contributed by atoms with E-state index in [2.05, 4.69) is 67.8 Å². The number of aryl methyl sites for hydroxylation is 1. The first-order valence-electron chi connectivity index (χ1n) is 15.4. The van der Waals surface area contributed by atoms with Gasteiger partial charge in [0.25, 0.3) is 5.24 Å². The molecule has 4 amide bonds. The van der Waals surface area contributed by atoms with Crippen molar-refractivity contribution in [3.05, 3.63) is 95.6 Å². The second kappa shape index (κ2) is 13.8. The molecule has 0 spiro atoms. The highest BCUT2D eigenvalue weighted by atomic mass is 32.2. The molecule has 1 saturated heterocycles. The average Bonchev–Trinajstić information content (AvgIpc) is 3.43. The van der Waals surface area contributed by atoms with Crippen LogP contribution in [0.25, 0.3) is 21.9 Å². The summed E-state index contributed by atoms with van der Waals surface area (Å²) in [4.78, 5) is 41.0. The summed E-state index contributed by atoms with van der Waals surface area (Å²) < 4.78 is 0. The van der Waals surface area contributed by atoms with E-state index in [1.165, 1.54) is 17.3 Å². The van der Waals surface area contributed by atoms with E-state index < -0.39 is 0 Å². The summed E-state index contributed by atoms with van der Waals surface area (Å²) in [7, 11) is 3.53. The molecule has 234 valence electrons. The molecule has 0 unspecified atom stereocenters. The fourth-order valence-corrected chi connectivity index (χ4v) is 6.36. The molecule has 1 fully saturated rings. The number of benzene rings is 4. The lowest BCUT2D eigenvalue weighted by Crippen LogP contribution is -2.25. The highest BCUT2D eigenvalue weighted by Crippen LogP contribution is 2.34. The Bertz CT molecular complexity index is 1710. The summed E-state index contributed by atoms with van der Waals surface area (Å²) in [6.45, 7) is 7.98. The molecule has 7 nitrogen and oxygen atoms in total. The van der Waals surface area contributed by atoms with Crippen molar-refractivity contribution in [2.75, 3.05) is 43.6 Å². The van der Waals surface area contributed by atoms with Gasteiger partial charge in [-0.2, -0.15) is 0 Å². The molecule has 0 atom stereocenters. The Labute approximate surface area is 270 Å². The number of urea groups is 1. The summed E-state index contributed by atoms with van der Waals surface area (Å²) in [5.41, 5.74) is 6.79. The van der Waals surface area contributed by atoms with E-state index in [0.717, 1.165) is 64.0 Å². The Balaban J connectivity index is 1.32. The lowest BCUT2D eigenvalue weighted by Gasteiger charge is -2.22. The second-order valence-corrected chi connectivity index (χ2v) is 13.8. The van der Waals surface area contributed by atoms with Crippen molar-refractivity contribution in [3.63, 3.8) is 0 Å². The van der Waals surface area contributed by atoms with Crippen LogP contribution in [0.5, 0.6) is 0 Å². The fourth-order valence-electron chi connectivity index (χ4n) is 5.50. The van der Waals surface area contributed by atoms with Crippen LogP contribution in [0.1, 0.15) is 43.9 Å². The molecule has 4 aromatic rings. The number of rotatable bonds is 9. The van der Waals surface area contributed by atoms with Gasteiger partial charge in [-0.15, -0.1) is 0 Å². The van der Waals surface area contributed by atoms with Crippen molar-refractivity contribution in [3.8, 4) is 11.1 Å². The van der Waals surface area contributed by atoms with Gasteiger partial charge in [-0.25, -0.2) is 4.79 Å². The third-order valence-corrected chi connectivity index (χ3v) is 9.09. The Hall–Kier alpha value is -4.30. The first-order valence-corrected chi connectivity index (χ1v) is 16.4.